The molecule has 0 aromatic carbocycles. The van der Waals surface area contributed by atoms with E-state index in [0.717, 1.165) is 45.4 Å². The second-order valence-electron chi connectivity index (χ2n) is 4.39. The molecule has 1 aliphatic heterocycles. The summed E-state index contributed by atoms with van der Waals surface area (Å²) in [4.78, 5) is 13.4. The van der Waals surface area contributed by atoms with Gasteiger partial charge in [0.25, 0.3) is 0 Å². The minimum Gasteiger partial charge on any atom is -0.369 e. The van der Waals surface area contributed by atoms with Crippen LogP contribution in [0.5, 0.6) is 0 Å². The van der Waals surface area contributed by atoms with E-state index in [1.807, 2.05) is 0 Å². The molecule has 1 heterocycles. The van der Waals surface area contributed by atoms with Crippen LogP contribution in [0.4, 0.5) is 0 Å². The van der Waals surface area contributed by atoms with Gasteiger partial charge in [-0.25, -0.2) is 0 Å². The van der Waals surface area contributed by atoms with Crippen LogP contribution in [0.1, 0.15) is 32.1 Å². The molecular formula is C11H23N3O. The summed E-state index contributed by atoms with van der Waals surface area (Å²) < 4.78 is 0. The zero-order chi connectivity index (χ0) is 11.1. The van der Waals surface area contributed by atoms with Gasteiger partial charge >= 0.3 is 0 Å². The molecule has 15 heavy (non-hydrogen) atoms. The van der Waals surface area contributed by atoms with Gasteiger partial charge in [0, 0.05) is 6.54 Å². The van der Waals surface area contributed by atoms with Gasteiger partial charge < -0.3 is 16.4 Å². The number of hydrogen-bond donors (Lipinski definition) is 2. The van der Waals surface area contributed by atoms with E-state index in [-0.39, 0.29) is 11.8 Å². The monoisotopic (exact) mass is 213 g/mol. The number of piperidine rings is 1. The second kappa shape index (κ2) is 6.80. The highest BCUT2D eigenvalue weighted by Crippen LogP contribution is 2.16. The molecule has 0 saturated carbocycles. The molecule has 0 bridgehead atoms. The summed E-state index contributed by atoms with van der Waals surface area (Å²) in [5.41, 5.74) is 10.8. The zero-order valence-electron chi connectivity index (χ0n) is 9.45. The van der Waals surface area contributed by atoms with Crippen molar-refractivity contribution in [1.29, 1.82) is 0 Å². The van der Waals surface area contributed by atoms with Crippen molar-refractivity contribution >= 4 is 5.91 Å². The second-order valence-corrected chi connectivity index (χ2v) is 4.39. The van der Waals surface area contributed by atoms with Crippen LogP contribution in [-0.4, -0.2) is 37.0 Å². The van der Waals surface area contributed by atoms with Gasteiger partial charge in [0.1, 0.15) is 0 Å². The molecule has 1 saturated heterocycles. The number of carbonyl (C=O) groups excluding carboxylic acids is 1. The largest absolute Gasteiger partial charge is 0.369 e. The third kappa shape index (κ3) is 4.62. The van der Waals surface area contributed by atoms with Gasteiger partial charge in [0.2, 0.25) is 5.91 Å². The Labute approximate surface area is 92.0 Å². The Bertz CT molecular complexity index is 196. The summed E-state index contributed by atoms with van der Waals surface area (Å²) in [6.07, 6.45) is 5.54. The molecule has 1 unspecified atom stereocenters. The predicted octanol–water partition coefficient (Wildman–Crippen LogP) is 0.313. The quantitative estimate of drug-likeness (QED) is 0.624. The summed E-state index contributed by atoms with van der Waals surface area (Å²) in [5, 5.41) is 0. The Kier molecular flexibility index (Phi) is 5.65. The Balaban J connectivity index is 2.15. The molecule has 1 atom stereocenters. The number of primary amides is 1. The fraction of sp³-hybridized carbons (Fsp3) is 0.909. The summed E-state index contributed by atoms with van der Waals surface area (Å²) in [6.45, 7) is 3.85. The number of nitrogens with two attached hydrogens (primary N) is 2. The van der Waals surface area contributed by atoms with Gasteiger partial charge in [0.05, 0.1) is 5.92 Å². The first kappa shape index (κ1) is 12.5. The van der Waals surface area contributed by atoms with E-state index in [1.165, 1.54) is 12.8 Å². The molecule has 1 amide bonds. The van der Waals surface area contributed by atoms with Crippen LogP contribution in [0.3, 0.4) is 0 Å². The van der Waals surface area contributed by atoms with Crippen molar-refractivity contribution in [3.63, 3.8) is 0 Å². The van der Waals surface area contributed by atoms with Gasteiger partial charge in [-0.3, -0.25) is 4.79 Å². The maximum absolute atomic E-state index is 11.1. The third-order valence-electron chi connectivity index (χ3n) is 3.09. The topological polar surface area (TPSA) is 72.3 Å². The molecule has 0 radical (unpaired) electrons. The number of carbonyl (C=O) groups is 1. The zero-order valence-corrected chi connectivity index (χ0v) is 9.45. The molecule has 0 aromatic rings. The van der Waals surface area contributed by atoms with Gasteiger partial charge in [-0.2, -0.15) is 0 Å². The van der Waals surface area contributed by atoms with Gasteiger partial charge in [0.15, 0.2) is 0 Å². The number of hydrogen-bond acceptors (Lipinski definition) is 3. The first-order valence-electron chi connectivity index (χ1n) is 5.95. The van der Waals surface area contributed by atoms with Crippen molar-refractivity contribution in [2.24, 2.45) is 17.4 Å². The summed E-state index contributed by atoms with van der Waals surface area (Å²) >= 11 is 0. The lowest BCUT2D eigenvalue weighted by Crippen LogP contribution is -2.41. The smallest absolute Gasteiger partial charge is 0.221 e. The molecule has 1 aliphatic rings. The van der Waals surface area contributed by atoms with Crippen LogP contribution < -0.4 is 11.5 Å². The van der Waals surface area contributed by atoms with E-state index < -0.39 is 0 Å². The minimum atomic E-state index is -0.137. The number of likely N-dealkylation sites (tertiary alicyclic amines) is 1. The van der Waals surface area contributed by atoms with E-state index in [1.54, 1.807) is 0 Å². The highest BCUT2D eigenvalue weighted by atomic mass is 16.1. The maximum atomic E-state index is 11.1. The standard InChI is InChI=1S/C11H23N3O/c12-6-2-1-3-7-14-8-4-5-10(9-14)11(13)15/h10H,1-9,12H2,(H2,13,15). The van der Waals surface area contributed by atoms with Crippen LogP contribution in [0.25, 0.3) is 0 Å². The van der Waals surface area contributed by atoms with Crippen molar-refractivity contribution in [2.75, 3.05) is 26.2 Å². The fourth-order valence-electron chi connectivity index (χ4n) is 2.15. The van der Waals surface area contributed by atoms with E-state index in [9.17, 15) is 4.79 Å². The Morgan fingerprint density at radius 2 is 2.13 bits per heavy atom. The van der Waals surface area contributed by atoms with Crippen LogP contribution in [0.15, 0.2) is 0 Å². The third-order valence-corrected chi connectivity index (χ3v) is 3.09. The van der Waals surface area contributed by atoms with Gasteiger partial charge in [-0.05, 0) is 45.3 Å². The van der Waals surface area contributed by atoms with E-state index in [4.69, 9.17) is 11.5 Å². The SMILES string of the molecule is NCCCCCN1CCCC(C(N)=O)C1. The summed E-state index contributed by atoms with van der Waals surface area (Å²) in [7, 11) is 0. The van der Waals surface area contributed by atoms with Crippen LogP contribution in [0.2, 0.25) is 0 Å². The highest BCUT2D eigenvalue weighted by Gasteiger charge is 2.23. The number of amides is 1. The van der Waals surface area contributed by atoms with Gasteiger partial charge in [-0.1, -0.05) is 6.42 Å². The van der Waals surface area contributed by atoms with Crippen molar-refractivity contribution in [2.45, 2.75) is 32.1 Å². The Hall–Kier alpha value is -0.610. The van der Waals surface area contributed by atoms with Crippen molar-refractivity contribution in [1.82, 2.24) is 4.90 Å². The molecule has 1 rings (SSSR count). The lowest BCUT2D eigenvalue weighted by Gasteiger charge is -2.31. The summed E-state index contributed by atoms with van der Waals surface area (Å²) in [6, 6.07) is 0. The molecule has 0 spiro atoms. The van der Waals surface area contributed by atoms with Crippen molar-refractivity contribution in [3.8, 4) is 0 Å². The summed E-state index contributed by atoms with van der Waals surface area (Å²) in [5.74, 6) is -0.0603. The average Bonchev–Trinajstić information content (AvgIpc) is 2.25. The number of unbranched alkanes of at least 4 members (excludes halogenated alkanes) is 2. The molecular weight excluding hydrogens is 190 g/mol. The number of rotatable bonds is 6. The molecule has 88 valence electrons. The van der Waals surface area contributed by atoms with E-state index >= 15 is 0 Å². The normalized spacial score (nSPS) is 22.9. The maximum Gasteiger partial charge on any atom is 0.221 e. The molecule has 4 N–H and O–H groups in total. The fourth-order valence-corrected chi connectivity index (χ4v) is 2.15. The lowest BCUT2D eigenvalue weighted by atomic mass is 9.97. The van der Waals surface area contributed by atoms with Crippen LogP contribution >= 0.6 is 0 Å². The first-order chi connectivity index (χ1) is 7.24. The molecule has 4 nitrogen and oxygen atoms in total. The predicted molar refractivity (Wildman–Crippen MR) is 61.3 cm³/mol. The van der Waals surface area contributed by atoms with Gasteiger partial charge in [-0.15, -0.1) is 0 Å². The molecule has 0 aromatic heterocycles. The highest BCUT2D eigenvalue weighted by molar-refractivity contribution is 5.76. The Morgan fingerprint density at radius 1 is 1.33 bits per heavy atom. The molecule has 0 aliphatic carbocycles. The number of nitrogens with zero attached hydrogens (tertiary/aromatic N) is 1. The van der Waals surface area contributed by atoms with E-state index in [2.05, 4.69) is 4.90 Å². The average molecular weight is 213 g/mol. The molecule has 1 fully saturated rings. The van der Waals surface area contributed by atoms with Crippen molar-refractivity contribution in [3.05, 3.63) is 0 Å². The Morgan fingerprint density at radius 3 is 2.80 bits per heavy atom. The van der Waals surface area contributed by atoms with E-state index in [0.29, 0.717) is 0 Å². The first-order valence-corrected chi connectivity index (χ1v) is 5.95. The lowest BCUT2D eigenvalue weighted by molar-refractivity contribution is -0.123. The molecule has 4 heteroatoms. The minimum absolute atomic E-state index is 0.0771. The van der Waals surface area contributed by atoms with Crippen LogP contribution in [0, 0.1) is 5.92 Å². The van der Waals surface area contributed by atoms with Crippen molar-refractivity contribution < 1.29 is 4.79 Å². The van der Waals surface area contributed by atoms with Crippen LogP contribution in [-0.2, 0) is 4.79 Å².